The molecule has 2 N–H and O–H groups in total. The predicted molar refractivity (Wildman–Crippen MR) is 90.5 cm³/mol. The molecule has 3 heteroatoms. The maximum Gasteiger partial charge on any atom is 0.0494 e. The van der Waals surface area contributed by atoms with E-state index in [1.54, 1.807) is 0 Å². The quantitative estimate of drug-likeness (QED) is 0.874. The van der Waals surface area contributed by atoms with Crippen LogP contribution in [0.4, 0.5) is 0 Å². The van der Waals surface area contributed by atoms with E-state index in [1.165, 1.54) is 30.4 Å². The maximum absolute atomic E-state index is 6.31. The fraction of sp³-hybridized carbons (Fsp3) is 0.667. The van der Waals surface area contributed by atoms with Gasteiger partial charge in [0.25, 0.3) is 0 Å². The Kier molecular flexibility index (Phi) is 5.07. The monoisotopic (exact) mass is 289 g/mol. The molecule has 0 spiro atoms. The van der Waals surface area contributed by atoms with E-state index in [-0.39, 0.29) is 12.1 Å². The normalized spacial score (nSPS) is 20.4. The van der Waals surface area contributed by atoms with Crippen molar-refractivity contribution in [3.8, 4) is 0 Å². The molecule has 0 aliphatic heterocycles. The van der Waals surface area contributed by atoms with Crippen LogP contribution < -0.4 is 5.73 Å². The van der Waals surface area contributed by atoms with E-state index in [4.69, 9.17) is 5.73 Å². The molecule has 1 aliphatic rings. The van der Waals surface area contributed by atoms with Crippen LogP contribution in [0.1, 0.15) is 43.4 Å². The first kappa shape index (κ1) is 16.5. The summed E-state index contributed by atoms with van der Waals surface area (Å²) in [5, 5.41) is 0. The average Bonchev–Trinajstić information content (AvgIpc) is 2.35. The standard InChI is InChI=1S/C18H31N3/c1-14-7-9-16(10-8-14)17(15(2)19)21(5)13-18(20(3)4)11-6-12-18/h7-10,15,17H,6,11-13,19H2,1-5H3. The summed E-state index contributed by atoms with van der Waals surface area (Å²) in [4.78, 5) is 4.86. The molecule has 1 aromatic carbocycles. The van der Waals surface area contributed by atoms with Crippen molar-refractivity contribution in [1.82, 2.24) is 9.80 Å². The van der Waals surface area contributed by atoms with Gasteiger partial charge in [0.15, 0.2) is 0 Å². The van der Waals surface area contributed by atoms with Crippen LogP contribution >= 0.6 is 0 Å². The Labute approximate surface area is 130 Å². The molecule has 21 heavy (non-hydrogen) atoms. The molecule has 0 saturated heterocycles. The summed E-state index contributed by atoms with van der Waals surface area (Å²) in [6, 6.07) is 9.22. The summed E-state index contributed by atoms with van der Waals surface area (Å²) >= 11 is 0. The van der Waals surface area contributed by atoms with Crippen molar-refractivity contribution in [1.29, 1.82) is 0 Å². The van der Waals surface area contributed by atoms with E-state index >= 15 is 0 Å². The highest BCUT2D eigenvalue weighted by Crippen LogP contribution is 2.38. The highest BCUT2D eigenvalue weighted by atomic mass is 15.2. The Bertz CT molecular complexity index is 446. The molecule has 3 nitrogen and oxygen atoms in total. The van der Waals surface area contributed by atoms with Crippen LogP contribution in [0, 0.1) is 6.92 Å². The Hall–Kier alpha value is -0.900. The van der Waals surface area contributed by atoms with Crippen molar-refractivity contribution in [3.05, 3.63) is 35.4 Å². The fourth-order valence-corrected chi connectivity index (χ4v) is 3.62. The molecule has 0 aromatic heterocycles. The van der Waals surface area contributed by atoms with E-state index in [0.717, 1.165) is 6.54 Å². The molecule has 1 aromatic rings. The van der Waals surface area contributed by atoms with Gasteiger partial charge < -0.3 is 10.6 Å². The highest BCUT2D eigenvalue weighted by Gasteiger charge is 2.41. The molecule has 0 amide bonds. The van der Waals surface area contributed by atoms with Crippen LogP contribution in [0.5, 0.6) is 0 Å². The lowest BCUT2D eigenvalue weighted by molar-refractivity contribution is 0.0131. The van der Waals surface area contributed by atoms with Crippen molar-refractivity contribution >= 4 is 0 Å². The largest absolute Gasteiger partial charge is 0.326 e. The van der Waals surface area contributed by atoms with Gasteiger partial charge in [-0.3, -0.25) is 4.90 Å². The summed E-state index contributed by atoms with van der Waals surface area (Å²) in [6.07, 6.45) is 3.94. The van der Waals surface area contributed by atoms with Gasteiger partial charge in [0, 0.05) is 24.2 Å². The Balaban J connectivity index is 2.16. The number of likely N-dealkylation sites (N-methyl/N-ethyl adjacent to an activating group) is 2. The topological polar surface area (TPSA) is 32.5 Å². The zero-order valence-corrected chi connectivity index (χ0v) is 14.3. The van der Waals surface area contributed by atoms with Gasteiger partial charge in [-0.1, -0.05) is 29.8 Å². The van der Waals surface area contributed by atoms with E-state index < -0.39 is 0 Å². The number of hydrogen-bond donors (Lipinski definition) is 1. The minimum absolute atomic E-state index is 0.122. The Morgan fingerprint density at radius 3 is 2.10 bits per heavy atom. The number of benzene rings is 1. The zero-order valence-electron chi connectivity index (χ0n) is 14.3. The van der Waals surface area contributed by atoms with Crippen molar-refractivity contribution in [2.75, 3.05) is 27.7 Å². The number of nitrogens with zero attached hydrogens (tertiary/aromatic N) is 2. The van der Waals surface area contributed by atoms with Crippen molar-refractivity contribution < 1.29 is 0 Å². The molecular formula is C18H31N3. The number of aryl methyl sites for hydroxylation is 1. The van der Waals surface area contributed by atoms with E-state index in [9.17, 15) is 0 Å². The van der Waals surface area contributed by atoms with Gasteiger partial charge in [-0.05, 0) is 59.8 Å². The highest BCUT2D eigenvalue weighted by molar-refractivity contribution is 5.25. The fourth-order valence-electron chi connectivity index (χ4n) is 3.62. The second-order valence-electron chi connectivity index (χ2n) is 7.10. The lowest BCUT2D eigenvalue weighted by Crippen LogP contribution is -2.58. The summed E-state index contributed by atoms with van der Waals surface area (Å²) in [6.45, 7) is 5.33. The van der Waals surface area contributed by atoms with Crippen LogP contribution in [0.3, 0.4) is 0 Å². The molecule has 0 bridgehead atoms. The average molecular weight is 289 g/mol. The third kappa shape index (κ3) is 3.47. The minimum Gasteiger partial charge on any atom is -0.326 e. The molecule has 2 atom stereocenters. The van der Waals surface area contributed by atoms with Crippen LogP contribution in [0.2, 0.25) is 0 Å². The maximum atomic E-state index is 6.31. The van der Waals surface area contributed by atoms with Gasteiger partial charge in [-0.2, -0.15) is 0 Å². The van der Waals surface area contributed by atoms with Gasteiger partial charge in [0.1, 0.15) is 0 Å². The lowest BCUT2D eigenvalue weighted by atomic mass is 9.75. The smallest absolute Gasteiger partial charge is 0.0494 e. The van der Waals surface area contributed by atoms with Gasteiger partial charge in [-0.15, -0.1) is 0 Å². The molecular weight excluding hydrogens is 258 g/mol. The van der Waals surface area contributed by atoms with E-state index in [2.05, 4.69) is 69.1 Å². The van der Waals surface area contributed by atoms with Crippen LogP contribution in [0.15, 0.2) is 24.3 Å². The van der Waals surface area contributed by atoms with Gasteiger partial charge in [-0.25, -0.2) is 0 Å². The molecule has 0 radical (unpaired) electrons. The second kappa shape index (κ2) is 6.47. The predicted octanol–water partition coefficient (Wildman–Crippen LogP) is 2.80. The summed E-state index contributed by atoms with van der Waals surface area (Å²) in [5.74, 6) is 0. The van der Waals surface area contributed by atoms with Crippen molar-refractivity contribution in [2.24, 2.45) is 5.73 Å². The van der Waals surface area contributed by atoms with Gasteiger partial charge >= 0.3 is 0 Å². The third-order valence-electron chi connectivity index (χ3n) is 5.17. The molecule has 1 aliphatic carbocycles. The summed E-state index contributed by atoms with van der Waals surface area (Å²) in [5.41, 5.74) is 9.27. The molecule has 2 rings (SSSR count). The summed E-state index contributed by atoms with van der Waals surface area (Å²) in [7, 11) is 6.64. The number of rotatable bonds is 6. The molecule has 2 unspecified atom stereocenters. The Morgan fingerprint density at radius 1 is 1.14 bits per heavy atom. The molecule has 1 saturated carbocycles. The third-order valence-corrected chi connectivity index (χ3v) is 5.17. The summed E-state index contributed by atoms with van der Waals surface area (Å²) < 4.78 is 0. The molecule has 0 heterocycles. The van der Waals surface area contributed by atoms with Crippen LogP contribution in [-0.2, 0) is 0 Å². The van der Waals surface area contributed by atoms with Crippen LogP contribution in [0.25, 0.3) is 0 Å². The first-order valence-corrected chi connectivity index (χ1v) is 8.05. The van der Waals surface area contributed by atoms with Crippen LogP contribution in [-0.4, -0.2) is 49.1 Å². The van der Waals surface area contributed by atoms with E-state index in [1.807, 2.05) is 0 Å². The minimum atomic E-state index is 0.122. The number of nitrogens with two attached hydrogens (primary N) is 1. The van der Waals surface area contributed by atoms with Crippen molar-refractivity contribution in [3.63, 3.8) is 0 Å². The second-order valence-corrected chi connectivity index (χ2v) is 7.10. The van der Waals surface area contributed by atoms with Gasteiger partial charge in [0.2, 0.25) is 0 Å². The van der Waals surface area contributed by atoms with E-state index in [0.29, 0.717) is 5.54 Å². The molecule has 118 valence electrons. The van der Waals surface area contributed by atoms with Crippen molar-refractivity contribution in [2.45, 2.75) is 50.7 Å². The molecule has 1 fully saturated rings. The first-order valence-electron chi connectivity index (χ1n) is 8.05. The number of hydrogen-bond acceptors (Lipinski definition) is 3. The first-order chi connectivity index (χ1) is 9.85. The Morgan fingerprint density at radius 2 is 1.71 bits per heavy atom. The van der Waals surface area contributed by atoms with Gasteiger partial charge in [0.05, 0.1) is 0 Å². The lowest BCUT2D eigenvalue weighted by Gasteiger charge is -2.50. The SMILES string of the molecule is Cc1ccc(C(C(C)N)N(C)CC2(N(C)C)CCC2)cc1. The zero-order chi connectivity index (χ0) is 15.6.